The van der Waals surface area contributed by atoms with E-state index in [9.17, 15) is 5.11 Å². The Morgan fingerprint density at radius 3 is 2.90 bits per heavy atom. The highest BCUT2D eigenvalue weighted by Gasteiger charge is 2.25. The Bertz CT molecular complexity index is 539. The van der Waals surface area contributed by atoms with Crippen molar-refractivity contribution >= 4 is 11.3 Å². The molecular formula is C15H19N3OS. The fourth-order valence-electron chi connectivity index (χ4n) is 2.47. The van der Waals surface area contributed by atoms with Crippen LogP contribution in [0.2, 0.25) is 0 Å². The molecule has 0 amide bonds. The van der Waals surface area contributed by atoms with Crippen molar-refractivity contribution in [2.45, 2.75) is 31.8 Å². The predicted molar refractivity (Wildman–Crippen MR) is 80.5 cm³/mol. The smallest absolute Gasteiger partial charge is 0.142 e. The van der Waals surface area contributed by atoms with Gasteiger partial charge in [-0.3, -0.25) is 9.88 Å². The van der Waals surface area contributed by atoms with Crippen LogP contribution < -0.4 is 0 Å². The molecular weight excluding hydrogens is 270 g/mol. The van der Waals surface area contributed by atoms with Gasteiger partial charge in [0, 0.05) is 30.7 Å². The minimum Gasteiger partial charge on any atom is -0.395 e. The van der Waals surface area contributed by atoms with Crippen LogP contribution in [-0.2, 0) is 6.54 Å². The molecule has 1 fully saturated rings. The van der Waals surface area contributed by atoms with E-state index in [1.54, 1.807) is 17.5 Å². The average Bonchev–Trinajstić information content (AvgIpc) is 2.87. The van der Waals surface area contributed by atoms with E-state index in [2.05, 4.69) is 20.2 Å². The molecule has 0 aromatic carbocycles. The Kier molecular flexibility index (Phi) is 4.40. The molecule has 1 saturated carbocycles. The van der Waals surface area contributed by atoms with Crippen LogP contribution in [0.3, 0.4) is 0 Å². The highest BCUT2D eigenvalue weighted by molar-refractivity contribution is 7.13. The summed E-state index contributed by atoms with van der Waals surface area (Å²) in [6.45, 7) is 1.78. The molecule has 5 heteroatoms. The van der Waals surface area contributed by atoms with Gasteiger partial charge in [-0.1, -0.05) is 12.5 Å². The van der Waals surface area contributed by atoms with E-state index in [0.29, 0.717) is 6.04 Å². The van der Waals surface area contributed by atoms with Gasteiger partial charge in [0.25, 0.3) is 0 Å². The highest BCUT2D eigenvalue weighted by Crippen LogP contribution is 2.27. The summed E-state index contributed by atoms with van der Waals surface area (Å²) in [5, 5.41) is 12.3. The SMILES string of the molecule is OCCN(Cc1csc(-c2ccccn2)n1)C1CCC1. The minimum absolute atomic E-state index is 0.216. The molecule has 1 N–H and O–H groups in total. The molecule has 2 heterocycles. The Balaban J connectivity index is 1.69. The summed E-state index contributed by atoms with van der Waals surface area (Å²) in [5.74, 6) is 0. The van der Waals surface area contributed by atoms with Gasteiger partial charge in [0.05, 0.1) is 18.0 Å². The van der Waals surface area contributed by atoms with Crippen LogP contribution >= 0.6 is 11.3 Å². The number of aliphatic hydroxyl groups excluding tert-OH is 1. The average molecular weight is 289 g/mol. The molecule has 0 saturated heterocycles. The Morgan fingerprint density at radius 2 is 2.25 bits per heavy atom. The lowest BCUT2D eigenvalue weighted by Crippen LogP contribution is -2.41. The van der Waals surface area contributed by atoms with Gasteiger partial charge in [0.1, 0.15) is 5.01 Å². The quantitative estimate of drug-likeness (QED) is 0.888. The first-order valence-electron chi connectivity index (χ1n) is 7.07. The van der Waals surface area contributed by atoms with Gasteiger partial charge < -0.3 is 5.11 Å². The number of hydrogen-bond donors (Lipinski definition) is 1. The molecule has 20 heavy (non-hydrogen) atoms. The van der Waals surface area contributed by atoms with Crippen LogP contribution in [-0.4, -0.2) is 39.2 Å². The minimum atomic E-state index is 0.216. The van der Waals surface area contributed by atoms with Crippen molar-refractivity contribution in [1.29, 1.82) is 0 Å². The van der Waals surface area contributed by atoms with E-state index in [4.69, 9.17) is 0 Å². The summed E-state index contributed by atoms with van der Waals surface area (Å²) in [5.41, 5.74) is 2.01. The number of pyridine rings is 1. The monoisotopic (exact) mass is 289 g/mol. The lowest BCUT2D eigenvalue weighted by molar-refractivity contribution is 0.0935. The molecule has 0 unspecified atom stereocenters. The van der Waals surface area contributed by atoms with Crippen LogP contribution in [0.15, 0.2) is 29.8 Å². The summed E-state index contributed by atoms with van der Waals surface area (Å²) >= 11 is 1.64. The lowest BCUT2D eigenvalue weighted by atomic mass is 9.91. The third-order valence-electron chi connectivity index (χ3n) is 3.78. The van der Waals surface area contributed by atoms with Crippen molar-refractivity contribution in [3.05, 3.63) is 35.5 Å². The fourth-order valence-corrected chi connectivity index (χ4v) is 3.25. The van der Waals surface area contributed by atoms with E-state index >= 15 is 0 Å². The topological polar surface area (TPSA) is 49.2 Å². The van der Waals surface area contributed by atoms with Crippen LogP contribution in [0, 0.1) is 0 Å². The van der Waals surface area contributed by atoms with Crippen molar-refractivity contribution in [2.75, 3.05) is 13.2 Å². The van der Waals surface area contributed by atoms with Gasteiger partial charge in [-0.25, -0.2) is 4.98 Å². The Hall–Kier alpha value is -1.30. The zero-order valence-electron chi connectivity index (χ0n) is 11.4. The number of aromatic nitrogens is 2. The molecule has 3 rings (SSSR count). The molecule has 2 aromatic heterocycles. The van der Waals surface area contributed by atoms with Gasteiger partial charge >= 0.3 is 0 Å². The number of hydrogen-bond acceptors (Lipinski definition) is 5. The number of aliphatic hydroxyl groups is 1. The molecule has 0 aliphatic heterocycles. The van der Waals surface area contributed by atoms with Gasteiger partial charge in [-0.15, -0.1) is 11.3 Å². The van der Waals surface area contributed by atoms with E-state index in [0.717, 1.165) is 29.5 Å². The highest BCUT2D eigenvalue weighted by atomic mass is 32.1. The molecule has 1 aliphatic rings. The first-order valence-corrected chi connectivity index (χ1v) is 7.95. The number of nitrogens with zero attached hydrogens (tertiary/aromatic N) is 3. The number of rotatable bonds is 6. The Labute approximate surface area is 123 Å². The van der Waals surface area contributed by atoms with E-state index in [-0.39, 0.29) is 6.61 Å². The van der Waals surface area contributed by atoms with Crippen LogP contribution in [0.5, 0.6) is 0 Å². The summed E-state index contributed by atoms with van der Waals surface area (Å²) in [6.07, 6.45) is 5.60. The molecule has 0 radical (unpaired) electrons. The standard InChI is InChI=1S/C15H19N3OS/c19-9-8-18(13-4-3-5-13)10-12-11-20-15(17-12)14-6-1-2-7-16-14/h1-2,6-7,11,13,19H,3-5,8-10H2. The molecule has 106 valence electrons. The van der Waals surface area contributed by atoms with Crippen molar-refractivity contribution in [2.24, 2.45) is 0 Å². The van der Waals surface area contributed by atoms with Crippen molar-refractivity contribution in [1.82, 2.24) is 14.9 Å². The maximum Gasteiger partial charge on any atom is 0.142 e. The first-order chi connectivity index (χ1) is 9.86. The molecule has 4 nitrogen and oxygen atoms in total. The van der Waals surface area contributed by atoms with Gasteiger partial charge in [0.2, 0.25) is 0 Å². The normalized spacial score (nSPS) is 15.5. The van der Waals surface area contributed by atoms with Crippen LogP contribution in [0.1, 0.15) is 25.0 Å². The predicted octanol–water partition coefficient (Wildman–Crippen LogP) is 2.55. The van der Waals surface area contributed by atoms with Crippen molar-refractivity contribution in [3.8, 4) is 10.7 Å². The van der Waals surface area contributed by atoms with Crippen LogP contribution in [0.25, 0.3) is 10.7 Å². The Morgan fingerprint density at radius 1 is 1.35 bits per heavy atom. The van der Waals surface area contributed by atoms with Crippen LogP contribution in [0.4, 0.5) is 0 Å². The van der Waals surface area contributed by atoms with Gasteiger partial charge in [0.15, 0.2) is 0 Å². The van der Waals surface area contributed by atoms with Crippen molar-refractivity contribution < 1.29 is 5.11 Å². The number of thiazole rings is 1. The van der Waals surface area contributed by atoms with Gasteiger partial charge in [-0.2, -0.15) is 0 Å². The van der Waals surface area contributed by atoms with E-state index in [1.807, 2.05) is 18.2 Å². The maximum atomic E-state index is 9.20. The first kappa shape index (κ1) is 13.7. The summed E-state index contributed by atoms with van der Waals surface area (Å²) in [7, 11) is 0. The zero-order valence-corrected chi connectivity index (χ0v) is 12.2. The molecule has 0 bridgehead atoms. The maximum absolute atomic E-state index is 9.20. The van der Waals surface area contributed by atoms with E-state index < -0.39 is 0 Å². The van der Waals surface area contributed by atoms with E-state index in [1.165, 1.54) is 19.3 Å². The third kappa shape index (κ3) is 3.06. The summed E-state index contributed by atoms with van der Waals surface area (Å²) in [4.78, 5) is 11.4. The largest absolute Gasteiger partial charge is 0.395 e. The van der Waals surface area contributed by atoms with Crippen molar-refractivity contribution in [3.63, 3.8) is 0 Å². The summed E-state index contributed by atoms with van der Waals surface area (Å²) < 4.78 is 0. The molecule has 0 atom stereocenters. The van der Waals surface area contributed by atoms with Gasteiger partial charge in [-0.05, 0) is 25.0 Å². The molecule has 0 spiro atoms. The lowest BCUT2D eigenvalue weighted by Gasteiger charge is -2.36. The fraction of sp³-hybridized carbons (Fsp3) is 0.467. The second-order valence-electron chi connectivity index (χ2n) is 5.14. The summed E-state index contributed by atoms with van der Waals surface area (Å²) in [6, 6.07) is 6.51. The second-order valence-corrected chi connectivity index (χ2v) is 6.00. The molecule has 2 aromatic rings. The molecule has 1 aliphatic carbocycles. The second kappa shape index (κ2) is 6.43. The third-order valence-corrected chi connectivity index (χ3v) is 4.69. The zero-order chi connectivity index (χ0) is 13.8.